The number of amides is 1. The summed E-state index contributed by atoms with van der Waals surface area (Å²) < 4.78 is 11.2. The molecule has 0 radical (unpaired) electrons. The zero-order valence-electron chi connectivity index (χ0n) is 17.6. The molecule has 2 saturated heterocycles. The highest BCUT2D eigenvalue weighted by atomic mass is 16.5. The Morgan fingerprint density at radius 3 is 2.69 bits per heavy atom. The predicted octanol–water partition coefficient (Wildman–Crippen LogP) is 3.92. The normalized spacial score (nSPS) is 20.5. The highest BCUT2D eigenvalue weighted by Gasteiger charge is 2.33. The molecule has 1 amide bonds. The number of hydrogen-bond acceptors (Lipinski definition) is 6. The zero-order chi connectivity index (χ0) is 21.7. The van der Waals surface area contributed by atoms with Crippen LogP contribution in [0.3, 0.4) is 0 Å². The van der Waals surface area contributed by atoms with Crippen LogP contribution in [0.25, 0.3) is 11.1 Å². The number of fused-ring (bicyclic) bond motifs is 1. The van der Waals surface area contributed by atoms with Gasteiger partial charge in [-0.1, -0.05) is 18.2 Å². The Labute approximate surface area is 186 Å². The number of hydrogen-bond donors (Lipinski definition) is 1. The summed E-state index contributed by atoms with van der Waals surface area (Å²) in [5.74, 6) is 1.57. The number of nitrogens with zero attached hydrogens (tertiary/aromatic N) is 3. The van der Waals surface area contributed by atoms with E-state index in [1.54, 1.807) is 6.26 Å². The lowest BCUT2D eigenvalue weighted by Crippen LogP contribution is -2.47. The van der Waals surface area contributed by atoms with Crippen LogP contribution in [0.1, 0.15) is 29.9 Å². The van der Waals surface area contributed by atoms with Crippen LogP contribution in [0.15, 0.2) is 65.6 Å². The SMILES string of the molecule is Nc1ncc(C2C=CN(C3COC3)c3occc32)cc1-c1ccc(N2CCCC2=O)cc1. The lowest BCUT2D eigenvalue weighted by molar-refractivity contribution is -0.117. The predicted molar refractivity (Wildman–Crippen MR) is 122 cm³/mol. The van der Waals surface area contributed by atoms with E-state index in [1.807, 2.05) is 41.4 Å². The first-order valence-electron chi connectivity index (χ1n) is 11.0. The van der Waals surface area contributed by atoms with Gasteiger partial charge >= 0.3 is 0 Å². The van der Waals surface area contributed by atoms with Gasteiger partial charge in [-0.3, -0.25) is 4.79 Å². The molecule has 0 bridgehead atoms. The Bertz CT molecular complexity index is 1200. The van der Waals surface area contributed by atoms with Gasteiger partial charge in [0.15, 0.2) is 0 Å². The Kier molecular flexibility index (Phi) is 4.50. The van der Waals surface area contributed by atoms with E-state index in [9.17, 15) is 4.79 Å². The van der Waals surface area contributed by atoms with Crippen LogP contribution in [0.2, 0.25) is 0 Å². The lowest BCUT2D eigenvalue weighted by atomic mass is 9.89. The molecule has 7 heteroatoms. The molecule has 1 atom stereocenters. The van der Waals surface area contributed by atoms with E-state index < -0.39 is 0 Å². The largest absolute Gasteiger partial charge is 0.448 e. The minimum Gasteiger partial charge on any atom is -0.448 e. The standard InChI is InChI=1S/C25H24N4O3/c26-24-22(16-3-5-18(6-4-16)28-9-1-2-23(28)30)12-17(13-27-24)20-7-10-29(19-14-31-15-19)25-21(20)8-11-32-25/h3-8,10-13,19-20H,1-2,9,14-15H2,(H2,26,27). The maximum absolute atomic E-state index is 12.0. The molecule has 3 aliphatic rings. The fourth-order valence-electron chi connectivity index (χ4n) is 4.70. The van der Waals surface area contributed by atoms with Gasteiger partial charge in [0.25, 0.3) is 0 Å². The lowest BCUT2D eigenvalue weighted by Gasteiger charge is -2.38. The van der Waals surface area contributed by atoms with Crippen molar-refractivity contribution in [3.8, 4) is 11.1 Å². The summed E-state index contributed by atoms with van der Waals surface area (Å²) in [5.41, 5.74) is 11.2. The number of nitrogen functional groups attached to an aromatic ring is 1. The minimum atomic E-state index is 0.0364. The van der Waals surface area contributed by atoms with Crippen LogP contribution < -0.4 is 15.5 Å². The topological polar surface area (TPSA) is 84.8 Å². The molecule has 32 heavy (non-hydrogen) atoms. The molecule has 7 nitrogen and oxygen atoms in total. The Hall–Kier alpha value is -3.58. The van der Waals surface area contributed by atoms with Crippen LogP contribution in [0, 0.1) is 0 Å². The van der Waals surface area contributed by atoms with Crippen molar-refractivity contribution < 1.29 is 13.9 Å². The molecule has 2 N–H and O–H groups in total. The van der Waals surface area contributed by atoms with E-state index in [2.05, 4.69) is 28.2 Å². The second-order valence-electron chi connectivity index (χ2n) is 8.50. The van der Waals surface area contributed by atoms with Crippen LogP contribution in [-0.2, 0) is 9.53 Å². The number of carbonyl (C=O) groups is 1. The zero-order valence-corrected chi connectivity index (χ0v) is 17.6. The molecule has 2 fully saturated rings. The smallest absolute Gasteiger partial charge is 0.227 e. The Morgan fingerprint density at radius 2 is 1.97 bits per heavy atom. The van der Waals surface area contributed by atoms with E-state index in [0.29, 0.717) is 31.5 Å². The number of aromatic nitrogens is 1. The molecule has 6 rings (SSSR count). The second-order valence-corrected chi connectivity index (χ2v) is 8.50. The number of furan rings is 1. The fourth-order valence-corrected chi connectivity index (χ4v) is 4.70. The summed E-state index contributed by atoms with van der Waals surface area (Å²) in [5, 5.41) is 0. The summed E-state index contributed by atoms with van der Waals surface area (Å²) in [7, 11) is 0. The van der Waals surface area contributed by atoms with Gasteiger partial charge in [0, 0.05) is 48.1 Å². The van der Waals surface area contributed by atoms with Gasteiger partial charge in [-0.25, -0.2) is 4.98 Å². The van der Waals surface area contributed by atoms with Crippen LogP contribution in [-0.4, -0.2) is 36.7 Å². The Morgan fingerprint density at radius 1 is 1.12 bits per heavy atom. The van der Waals surface area contributed by atoms with Crippen molar-refractivity contribution >= 4 is 23.3 Å². The number of ether oxygens (including phenoxy) is 1. The maximum atomic E-state index is 12.0. The van der Waals surface area contributed by atoms with E-state index >= 15 is 0 Å². The van der Waals surface area contributed by atoms with Crippen molar-refractivity contribution in [3.63, 3.8) is 0 Å². The highest BCUT2D eigenvalue weighted by molar-refractivity contribution is 5.95. The van der Waals surface area contributed by atoms with Crippen LogP contribution in [0.5, 0.6) is 0 Å². The number of rotatable bonds is 4. The van der Waals surface area contributed by atoms with Crippen molar-refractivity contribution in [2.45, 2.75) is 24.8 Å². The molecule has 1 unspecified atom stereocenters. The van der Waals surface area contributed by atoms with Crippen molar-refractivity contribution in [2.24, 2.45) is 0 Å². The first-order valence-corrected chi connectivity index (χ1v) is 11.0. The van der Waals surface area contributed by atoms with Gasteiger partial charge < -0.3 is 24.7 Å². The van der Waals surface area contributed by atoms with Gasteiger partial charge in [-0.2, -0.15) is 0 Å². The number of anilines is 3. The van der Waals surface area contributed by atoms with Crippen molar-refractivity contribution in [2.75, 3.05) is 35.3 Å². The quantitative estimate of drug-likeness (QED) is 0.678. The highest BCUT2D eigenvalue weighted by Crippen LogP contribution is 2.41. The van der Waals surface area contributed by atoms with Gasteiger partial charge in [0.05, 0.1) is 25.5 Å². The number of carbonyl (C=O) groups excluding carboxylic acids is 1. The van der Waals surface area contributed by atoms with E-state index in [-0.39, 0.29) is 11.8 Å². The van der Waals surface area contributed by atoms with Crippen molar-refractivity contribution in [1.82, 2.24) is 4.98 Å². The average Bonchev–Trinajstić information content (AvgIpc) is 3.43. The molecule has 0 saturated carbocycles. The molecule has 162 valence electrons. The monoisotopic (exact) mass is 428 g/mol. The second kappa shape index (κ2) is 7.53. The molecular weight excluding hydrogens is 404 g/mol. The number of pyridine rings is 1. The van der Waals surface area contributed by atoms with E-state index in [4.69, 9.17) is 14.9 Å². The van der Waals surface area contributed by atoms with Gasteiger partial charge in [-0.15, -0.1) is 0 Å². The first kappa shape index (κ1) is 19.1. The van der Waals surface area contributed by atoms with Crippen molar-refractivity contribution in [1.29, 1.82) is 0 Å². The van der Waals surface area contributed by atoms with Crippen LogP contribution in [0.4, 0.5) is 17.4 Å². The fraction of sp³-hybridized carbons (Fsp3) is 0.280. The van der Waals surface area contributed by atoms with Crippen molar-refractivity contribution in [3.05, 3.63) is 72.3 Å². The average molecular weight is 428 g/mol. The van der Waals surface area contributed by atoms with E-state index in [0.717, 1.165) is 46.8 Å². The first-order chi connectivity index (χ1) is 15.7. The van der Waals surface area contributed by atoms with Gasteiger partial charge in [0.1, 0.15) is 5.82 Å². The van der Waals surface area contributed by atoms with Crippen LogP contribution >= 0.6 is 0 Å². The molecule has 0 aliphatic carbocycles. The third-order valence-electron chi connectivity index (χ3n) is 6.56. The molecule has 2 aromatic heterocycles. The molecule has 5 heterocycles. The summed E-state index contributed by atoms with van der Waals surface area (Å²) >= 11 is 0. The van der Waals surface area contributed by atoms with E-state index in [1.165, 1.54) is 0 Å². The number of benzene rings is 1. The third-order valence-corrected chi connectivity index (χ3v) is 6.56. The molecule has 3 aromatic rings. The number of nitrogens with two attached hydrogens (primary N) is 1. The van der Waals surface area contributed by atoms with Gasteiger partial charge in [0.2, 0.25) is 11.8 Å². The molecule has 3 aliphatic heterocycles. The Balaban J connectivity index is 1.32. The maximum Gasteiger partial charge on any atom is 0.227 e. The third kappa shape index (κ3) is 3.08. The number of allylic oxidation sites excluding steroid dienone is 1. The minimum absolute atomic E-state index is 0.0364. The van der Waals surface area contributed by atoms with Gasteiger partial charge in [-0.05, 0) is 41.8 Å². The molecule has 0 spiro atoms. The summed E-state index contributed by atoms with van der Waals surface area (Å²) in [6, 6.07) is 12.4. The summed E-state index contributed by atoms with van der Waals surface area (Å²) in [4.78, 5) is 20.5. The molecule has 1 aromatic carbocycles. The summed E-state index contributed by atoms with van der Waals surface area (Å²) in [6.45, 7) is 2.20. The molecular formula is C25H24N4O3. The summed E-state index contributed by atoms with van der Waals surface area (Å²) in [6.07, 6.45) is 9.37.